The third-order valence-corrected chi connectivity index (χ3v) is 6.44. The summed E-state index contributed by atoms with van der Waals surface area (Å²) in [5, 5.41) is 5.87. The number of hydrogen-bond donors (Lipinski definition) is 3. The fourth-order valence-corrected chi connectivity index (χ4v) is 4.14. The molecule has 0 aliphatic rings. The van der Waals surface area contributed by atoms with E-state index in [2.05, 4.69) is 30.3 Å². The van der Waals surface area contributed by atoms with E-state index in [1.54, 1.807) is 31.6 Å². The van der Waals surface area contributed by atoms with Crippen molar-refractivity contribution in [2.24, 2.45) is 0 Å². The molecule has 0 atom stereocenters. The van der Waals surface area contributed by atoms with Gasteiger partial charge >= 0.3 is 0 Å². The molecule has 0 spiro atoms. The molecule has 0 aliphatic carbocycles. The van der Waals surface area contributed by atoms with Crippen molar-refractivity contribution in [3.63, 3.8) is 0 Å². The summed E-state index contributed by atoms with van der Waals surface area (Å²) < 4.78 is 43.0. The zero-order chi connectivity index (χ0) is 23.4. The van der Waals surface area contributed by atoms with Crippen LogP contribution in [0.2, 0.25) is 0 Å². The molecule has 0 unspecified atom stereocenters. The molecule has 0 aliphatic heterocycles. The number of rotatable bonds is 8. The summed E-state index contributed by atoms with van der Waals surface area (Å²) >= 11 is 0. The van der Waals surface area contributed by atoms with Gasteiger partial charge in [0.15, 0.2) is 11.6 Å². The van der Waals surface area contributed by atoms with E-state index >= 15 is 0 Å². The number of anilines is 4. The van der Waals surface area contributed by atoms with Crippen molar-refractivity contribution in [3.8, 4) is 0 Å². The molecule has 3 N–H and O–H groups in total. The Labute approximate surface area is 215 Å². The maximum atomic E-state index is 14.3. The average molecular weight is 540 g/mol. The summed E-state index contributed by atoms with van der Waals surface area (Å²) in [6.45, 7) is 2.38. The molecule has 0 fully saturated rings. The van der Waals surface area contributed by atoms with Crippen LogP contribution >= 0.6 is 24.8 Å². The van der Waals surface area contributed by atoms with Crippen LogP contribution in [0.3, 0.4) is 0 Å². The molecule has 0 saturated heterocycles. The smallest absolute Gasteiger partial charge is 0.240 e. The second-order valence-corrected chi connectivity index (χ2v) is 9.11. The van der Waals surface area contributed by atoms with Crippen molar-refractivity contribution in [3.05, 3.63) is 84.3 Å². The van der Waals surface area contributed by atoms with Gasteiger partial charge in [-0.05, 0) is 49.4 Å². The molecule has 9 nitrogen and oxygen atoms in total. The van der Waals surface area contributed by atoms with Gasteiger partial charge in [-0.2, -0.15) is 4.98 Å². The van der Waals surface area contributed by atoms with Gasteiger partial charge in [0.1, 0.15) is 0 Å². The molecule has 4 aromatic rings. The predicted octanol–water partition coefficient (Wildman–Crippen LogP) is 4.41. The van der Waals surface area contributed by atoms with Crippen LogP contribution in [0.1, 0.15) is 11.1 Å². The minimum atomic E-state index is -3.63. The summed E-state index contributed by atoms with van der Waals surface area (Å²) in [7, 11) is -2.28. The lowest BCUT2D eigenvalue weighted by atomic mass is 10.2. The van der Waals surface area contributed by atoms with Crippen molar-refractivity contribution in [2.45, 2.75) is 18.4 Å². The fourth-order valence-electron chi connectivity index (χ4n) is 3.14. The molecular weight excluding hydrogens is 516 g/mol. The average Bonchev–Trinajstić information content (AvgIpc) is 3.31. The van der Waals surface area contributed by atoms with E-state index in [1.165, 1.54) is 13.1 Å². The van der Waals surface area contributed by atoms with Gasteiger partial charge in [-0.15, -0.1) is 24.8 Å². The molecule has 186 valence electrons. The number of halogens is 3. The highest BCUT2D eigenvalue weighted by Crippen LogP contribution is 2.24. The molecule has 0 saturated carbocycles. The Hall–Kier alpha value is -3.25. The third kappa shape index (κ3) is 6.89. The minimum absolute atomic E-state index is 0. The number of nitrogens with zero attached hydrogens (tertiary/aromatic N) is 4. The highest BCUT2D eigenvalue weighted by molar-refractivity contribution is 7.89. The molecular formula is C22H24Cl2FN7O2S. The Balaban J connectivity index is 0.00000216. The topological polar surface area (TPSA) is 114 Å². The molecule has 13 heteroatoms. The number of nitrogens with one attached hydrogen (secondary N) is 3. The maximum Gasteiger partial charge on any atom is 0.240 e. The Bertz CT molecular complexity index is 1370. The number of hydrogen-bond acceptors (Lipinski definition) is 7. The van der Waals surface area contributed by atoms with Crippen LogP contribution in [0, 0.1) is 12.7 Å². The summed E-state index contributed by atoms with van der Waals surface area (Å²) in [6, 6.07) is 12.3. The van der Waals surface area contributed by atoms with Crippen LogP contribution in [0.25, 0.3) is 0 Å². The van der Waals surface area contributed by atoms with E-state index in [-0.39, 0.29) is 41.5 Å². The highest BCUT2D eigenvalue weighted by Gasteiger charge is 2.16. The predicted molar refractivity (Wildman–Crippen MR) is 138 cm³/mol. The Morgan fingerprint density at radius 2 is 1.74 bits per heavy atom. The van der Waals surface area contributed by atoms with Crippen LogP contribution in [0.15, 0.2) is 72.3 Å². The van der Waals surface area contributed by atoms with Gasteiger partial charge in [0.2, 0.25) is 16.0 Å². The Morgan fingerprint density at radius 3 is 2.40 bits per heavy atom. The standard InChI is InChI=1S/C22H22FN7O2S.2ClH/c1-15-3-6-18(11-20(15)33(31,32)24-2)28-22-26-12-19(23)21(29-22)27-17-7-4-16(5-8-17)13-30-10-9-25-14-30;;/h3-12,14,24H,13H2,1-2H3,(H2,26,27,28,29);2*1H. The highest BCUT2D eigenvalue weighted by atomic mass is 35.5. The molecule has 2 aromatic carbocycles. The van der Waals surface area contributed by atoms with Crippen molar-refractivity contribution in [1.82, 2.24) is 24.2 Å². The number of sulfonamides is 1. The van der Waals surface area contributed by atoms with Crippen molar-refractivity contribution in [1.29, 1.82) is 0 Å². The lowest BCUT2D eigenvalue weighted by Crippen LogP contribution is -2.19. The molecule has 2 heterocycles. The van der Waals surface area contributed by atoms with Crippen molar-refractivity contribution < 1.29 is 12.8 Å². The van der Waals surface area contributed by atoms with Crippen molar-refractivity contribution >= 4 is 58.0 Å². The van der Waals surface area contributed by atoms with E-state index in [0.29, 0.717) is 23.5 Å². The van der Waals surface area contributed by atoms with E-state index in [1.807, 2.05) is 35.0 Å². The molecule has 0 bridgehead atoms. The summed E-state index contributed by atoms with van der Waals surface area (Å²) in [6.07, 6.45) is 6.38. The first-order chi connectivity index (χ1) is 15.8. The number of imidazole rings is 1. The van der Waals surface area contributed by atoms with E-state index < -0.39 is 15.8 Å². The van der Waals surface area contributed by atoms with Gasteiger partial charge in [-0.25, -0.2) is 27.5 Å². The second-order valence-electron chi connectivity index (χ2n) is 7.26. The quantitative estimate of drug-likeness (QED) is 0.304. The Kier molecular flexibility index (Phi) is 9.55. The van der Waals surface area contributed by atoms with Gasteiger partial charge < -0.3 is 15.2 Å². The fraction of sp³-hybridized carbons (Fsp3) is 0.136. The number of aryl methyl sites for hydroxylation is 1. The molecule has 2 aromatic heterocycles. The Morgan fingerprint density at radius 1 is 1.03 bits per heavy atom. The molecule has 0 amide bonds. The summed E-state index contributed by atoms with van der Waals surface area (Å²) in [5.74, 6) is -0.511. The number of aromatic nitrogens is 4. The van der Waals surface area contributed by atoms with Gasteiger partial charge in [0, 0.05) is 30.3 Å². The summed E-state index contributed by atoms with van der Waals surface area (Å²) in [4.78, 5) is 12.3. The van der Waals surface area contributed by atoms with Crippen LogP contribution < -0.4 is 15.4 Å². The molecule has 4 rings (SSSR count). The van der Waals surface area contributed by atoms with Gasteiger partial charge in [0.25, 0.3) is 0 Å². The first-order valence-electron chi connectivity index (χ1n) is 9.99. The largest absolute Gasteiger partial charge is 0.338 e. The van der Waals surface area contributed by atoms with Gasteiger partial charge in [0.05, 0.1) is 17.4 Å². The van der Waals surface area contributed by atoms with Crippen LogP contribution in [-0.2, 0) is 16.6 Å². The second kappa shape index (κ2) is 11.9. The SMILES string of the molecule is CNS(=O)(=O)c1cc(Nc2ncc(F)c(Nc3ccc(Cn4ccnc4)cc3)n2)ccc1C.Cl.Cl. The first kappa shape index (κ1) is 28.0. The zero-order valence-electron chi connectivity index (χ0n) is 18.8. The number of benzene rings is 2. The maximum absolute atomic E-state index is 14.3. The normalized spacial score (nSPS) is 10.7. The van der Waals surface area contributed by atoms with Crippen LogP contribution in [0.5, 0.6) is 0 Å². The van der Waals surface area contributed by atoms with Gasteiger partial charge in [-0.1, -0.05) is 18.2 Å². The monoisotopic (exact) mass is 539 g/mol. The molecule has 0 radical (unpaired) electrons. The lowest BCUT2D eigenvalue weighted by Gasteiger charge is -2.12. The van der Waals surface area contributed by atoms with E-state index in [9.17, 15) is 12.8 Å². The zero-order valence-corrected chi connectivity index (χ0v) is 21.2. The lowest BCUT2D eigenvalue weighted by molar-refractivity contribution is 0.587. The van der Waals surface area contributed by atoms with Crippen LogP contribution in [-0.4, -0.2) is 35.0 Å². The minimum Gasteiger partial charge on any atom is -0.338 e. The molecule has 35 heavy (non-hydrogen) atoms. The van der Waals surface area contributed by atoms with Gasteiger partial charge in [-0.3, -0.25) is 0 Å². The first-order valence-corrected chi connectivity index (χ1v) is 11.5. The van der Waals surface area contributed by atoms with Crippen molar-refractivity contribution in [2.75, 3.05) is 17.7 Å². The van der Waals surface area contributed by atoms with E-state index in [4.69, 9.17) is 0 Å². The third-order valence-electron chi connectivity index (χ3n) is 4.89. The summed E-state index contributed by atoms with van der Waals surface area (Å²) in [5.41, 5.74) is 2.77. The van der Waals surface area contributed by atoms with E-state index in [0.717, 1.165) is 11.8 Å². The van der Waals surface area contributed by atoms with Crippen LogP contribution in [0.4, 0.5) is 27.5 Å².